The van der Waals surface area contributed by atoms with Gasteiger partial charge in [-0.1, -0.05) is 0 Å². The van der Waals surface area contributed by atoms with Gasteiger partial charge in [0.25, 0.3) is 0 Å². The molecule has 6 heteroatoms. The standard InChI is InChI=1S/C14H11NO5/c16-12(7-13(17)14(18)19)10-6-11(20-8-10)5-9-1-3-15-4-2-9/h1-4,6-8,17H,5H2,(H,18,19). The molecule has 6 nitrogen and oxygen atoms in total. The lowest BCUT2D eigenvalue weighted by atomic mass is 10.1. The number of hydrogen-bond acceptors (Lipinski definition) is 5. The monoisotopic (exact) mass is 273 g/mol. The minimum absolute atomic E-state index is 0.182. The van der Waals surface area contributed by atoms with Crippen molar-refractivity contribution < 1.29 is 24.2 Å². The Kier molecular flexibility index (Phi) is 3.95. The largest absolute Gasteiger partial charge is 0.502 e. The smallest absolute Gasteiger partial charge is 0.371 e. The van der Waals surface area contributed by atoms with Crippen LogP contribution in [0.25, 0.3) is 0 Å². The molecule has 2 rings (SSSR count). The maximum absolute atomic E-state index is 11.7. The number of nitrogens with zero attached hydrogens (tertiary/aromatic N) is 1. The minimum atomic E-state index is -1.56. The molecule has 2 N–H and O–H groups in total. The summed E-state index contributed by atoms with van der Waals surface area (Å²) < 4.78 is 5.23. The number of allylic oxidation sites excluding steroid dienone is 1. The van der Waals surface area contributed by atoms with Gasteiger partial charge in [-0.25, -0.2) is 4.79 Å². The number of carbonyl (C=O) groups is 2. The number of aliphatic hydroxyl groups is 1. The molecule has 102 valence electrons. The highest BCUT2D eigenvalue weighted by atomic mass is 16.4. The van der Waals surface area contributed by atoms with E-state index in [-0.39, 0.29) is 5.56 Å². The van der Waals surface area contributed by atoms with Crippen molar-refractivity contribution >= 4 is 11.8 Å². The van der Waals surface area contributed by atoms with Gasteiger partial charge >= 0.3 is 5.97 Å². The molecule has 0 amide bonds. The third-order valence-corrected chi connectivity index (χ3v) is 2.55. The van der Waals surface area contributed by atoms with E-state index in [4.69, 9.17) is 14.6 Å². The molecule has 0 aliphatic rings. The average molecular weight is 273 g/mol. The molecule has 0 aliphatic heterocycles. The number of aromatic nitrogens is 1. The fourth-order valence-corrected chi connectivity index (χ4v) is 1.57. The number of hydrogen-bond donors (Lipinski definition) is 2. The van der Waals surface area contributed by atoms with E-state index in [9.17, 15) is 9.59 Å². The Hall–Kier alpha value is -2.89. The molecular formula is C14H11NO5. The van der Waals surface area contributed by atoms with E-state index in [0.29, 0.717) is 18.3 Å². The summed E-state index contributed by atoms with van der Waals surface area (Å²) in [7, 11) is 0. The van der Waals surface area contributed by atoms with Crippen molar-refractivity contribution in [3.05, 3.63) is 65.6 Å². The molecule has 0 aliphatic carbocycles. The Morgan fingerprint density at radius 3 is 2.60 bits per heavy atom. The average Bonchev–Trinajstić information content (AvgIpc) is 2.88. The van der Waals surface area contributed by atoms with Gasteiger partial charge in [-0.15, -0.1) is 0 Å². The molecule has 0 aromatic carbocycles. The Morgan fingerprint density at radius 2 is 1.95 bits per heavy atom. The lowest BCUT2D eigenvalue weighted by Gasteiger charge is -1.95. The van der Waals surface area contributed by atoms with Gasteiger partial charge < -0.3 is 14.6 Å². The third-order valence-electron chi connectivity index (χ3n) is 2.55. The second-order valence-electron chi connectivity index (χ2n) is 4.03. The van der Waals surface area contributed by atoms with Crippen LogP contribution in [0.1, 0.15) is 21.7 Å². The summed E-state index contributed by atoms with van der Waals surface area (Å²) in [5, 5.41) is 17.5. The van der Waals surface area contributed by atoms with E-state index in [1.165, 1.54) is 12.3 Å². The van der Waals surface area contributed by atoms with Crippen LogP contribution in [0.2, 0.25) is 0 Å². The first-order valence-electron chi connectivity index (χ1n) is 5.71. The van der Waals surface area contributed by atoms with E-state index in [1.54, 1.807) is 12.4 Å². The number of furan rings is 1. The molecule has 0 bridgehead atoms. The highest BCUT2D eigenvalue weighted by Crippen LogP contribution is 2.14. The van der Waals surface area contributed by atoms with Gasteiger partial charge in [0.1, 0.15) is 12.0 Å². The van der Waals surface area contributed by atoms with Crippen LogP contribution >= 0.6 is 0 Å². The molecule has 0 unspecified atom stereocenters. The summed E-state index contributed by atoms with van der Waals surface area (Å²) >= 11 is 0. The summed E-state index contributed by atoms with van der Waals surface area (Å²) in [6, 6.07) is 5.15. The van der Waals surface area contributed by atoms with Crippen LogP contribution in [0, 0.1) is 0 Å². The molecule has 2 heterocycles. The first-order chi connectivity index (χ1) is 9.56. The van der Waals surface area contributed by atoms with Gasteiger partial charge in [-0.3, -0.25) is 9.78 Å². The first-order valence-corrected chi connectivity index (χ1v) is 5.71. The molecule has 0 saturated heterocycles. The Labute approximate surface area is 114 Å². The number of aliphatic hydroxyl groups excluding tert-OH is 1. The first kappa shape index (κ1) is 13.5. The van der Waals surface area contributed by atoms with Crippen molar-refractivity contribution in [1.29, 1.82) is 0 Å². The summed E-state index contributed by atoms with van der Waals surface area (Å²) in [5.41, 5.74) is 1.15. The molecule has 0 spiro atoms. The predicted molar refractivity (Wildman–Crippen MR) is 68.4 cm³/mol. The highest BCUT2D eigenvalue weighted by molar-refractivity contribution is 6.07. The number of carboxylic acids is 1. The van der Waals surface area contributed by atoms with E-state index < -0.39 is 17.5 Å². The zero-order valence-corrected chi connectivity index (χ0v) is 10.3. The zero-order valence-electron chi connectivity index (χ0n) is 10.3. The number of aliphatic carboxylic acids is 1. The van der Waals surface area contributed by atoms with Crippen molar-refractivity contribution in [1.82, 2.24) is 4.98 Å². The van der Waals surface area contributed by atoms with Gasteiger partial charge in [-0.05, 0) is 23.8 Å². The van der Waals surface area contributed by atoms with Crippen molar-refractivity contribution in [3.63, 3.8) is 0 Å². The van der Waals surface area contributed by atoms with Gasteiger partial charge in [0.2, 0.25) is 5.76 Å². The summed E-state index contributed by atoms with van der Waals surface area (Å²) in [4.78, 5) is 26.0. The Bertz CT molecular complexity index is 657. The van der Waals surface area contributed by atoms with Crippen molar-refractivity contribution in [2.24, 2.45) is 0 Å². The van der Waals surface area contributed by atoms with Gasteiger partial charge in [0.15, 0.2) is 5.78 Å². The van der Waals surface area contributed by atoms with E-state index in [1.807, 2.05) is 12.1 Å². The van der Waals surface area contributed by atoms with E-state index in [0.717, 1.165) is 5.56 Å². The van der Waals surface area contributed by atoms with Crippen molar-refractivity contribution in [2.45, 2.75) is 6.42 Å². The molecule has 0 fully saturated rings. The second-order valence-corrected chi connectivity index (χ2v) is 4.03. The lowest BCUT2D eigenvalue weighted by Crippen LogP contribution is -2.03. The van der Waals surface area contributed by atoms with Crippen LogP contribution in [0.5, 0.6) is 0 Å². The van der Waals surface area contributed by atoms with Crippen molar-refractivity contribution in [2.75, 3.05) is 0 Å². The zero-order chi connectivity index (χ0) is 14.5. The topological polar surface area (TPSA) is 101 Å². The molecule has 2 aromatic heterocycles. The van der Waals surface area contributed by atoms with E-state index in [2.05, 4.69) is 4.98 Å². The van der Waals surface area contributed by atoms with Gasteiger partial charge in [-0.2, -0.15) is 0 Å². The van der Waals surface area contributed by atoms with Crippen LogP contribution in [0.4, 0.5) is 0 Å². The third kappa shape index (κ3) is 3.32. The number of pyridine rings is 1. The molecule has 20 heavy (non-hydrogen) atoms. The predicted octanol–water partition coefficient (Wildman–Crippen LogP) is 1.97. The van der Waals surface area contributed by atoms with Crippen LogP contribution in [-0.2, 0) is 11.2 Å². The van der Waals surface area contributed by atoms with Crippen LogP contribution in [0.3, 0.4) is 0 Å². The minimum Gasteiger partial charge on any atom is -0.502 e. The SMILES string of the molecule is O=C(O)C(O)=CC(=O)c1coc(Cc2ccncc2)c1. The number of carbonyl (C=O) groups excluding carboxylic acids is 1. The summed E-state index contributed by atoms with van der Waals surface area (Å²) in [5.74, 6) is -2.64. The highest BCUT2D eigenvalue weighted by Gasteiger charge is 2.12. The summed E-state index contributed by atoms with van der Waals surface area (Å²) in [6.07, 6.45) is 5.66. The van der Waals surface area contributed by atoms with Crippen LogP contribution < -0.4 is 0 Å². The van der Waals surface area contributed by atoms with Crippen LogP contribution in [-0.4, -0.2) is 26.9 Å². The molecule has 0 atom stereocenters. The molecule has 0 radical (unpaired) electrons. The number of carboxylic acid groups (broad SMARTS) is 1. The molecule has 0 saturated carbocycles. The fourth-order valence-electron chi connectivity index (χ4n) is 1.57. The normalized spacial score (nSPS) is 11.3. The Balaban J connectivity index is 2.11. The number of rotatable bonds is 5. The van der Waals surface area contributed by atoms with E-state index >= 15 is 0 Å². The molecule has 2 aromatic rings. The van der Waals surface area contributed by atoms with Gasteiger partial charge in [0.05, 0.1) is 5.56 Å². The maximum atomic E-state index is 11.7. The maximum Gasteiger partial charge on any atom is 0.371 e. The number of ketones is 1. The Morgan fingerprint density at radius 1 is 1.25 bits per heavy atom. The quantitative estimate of drug-likeness (QED) is 0.490. The fraction of sp³-hybridized carbons (Fsp3) is 0.0714. The lowest BCUT2D eigenvalue weighted by molar-refractivity contribution is -0.135. The second kappa shape index (κ2) is 5.83. The van der Waals surface area contributed by atoms with Crippen molar-refractivity contribution in [3.8, 4) is 0 Å². The summed E-state index contributed by atoms with van der Waals surface area (Å²) in [6.45, 7) is 0. The van der Waals surface area contributed by atoms with Gasteiger partial charge in [0, 0.05) is 24.9 Å². The molecular weight excluding hydrogens is 262 g/mol. The van der Waals surface area contributed by atoms with Crippen LogP contribution in [0.15, 0.2) is 53.1 Å².